The molecule has 160 valence electrons. The Bertz CT molecular complexity index is 711. The van der Waals surface area contributed by atoms with Gasteiger partial charge in [0.1, 0.15) is 18.7 Å². The van der Waals surface area contributed by atoms with Crippen molar-refractivity contribution in [3.8, 4) is 0 Å². The molecule has 0 radical (unpaired) electrons. The number of carbonyl (C=O) groups is 3. The lowest BCUT2D eigenvalue weighted by molar-refractivity contribution is -0.127. The number of carbonyl (C=O) groups excluding carboxylic acids is 3. The van der Waals surface area contributed by atoms with Crippen LogP contribution in [0.5, 0.6) is 0 Å². The average Bonchev–Trinajstić information content (AvgIpc) is 3.32. The van der Waals surface area contributed by atoms with Gasteiger partial charge in [0.25, 0.3) is 5.91 Å². The van der Waals surface area contributed by atoms with Gasteiger partial charge in [0.05, 0.1) is 6.61 Å². The zero-order valence-electron chi connectivity index (χ0n) is 17.6. The average molecular weight is 404 g/mol. The van der Waals surface area contributed by atoms with Crippen LogP contribution >= 0.6 is 0 Å². The molecule has 29 heavy (non-hydrogen) atoms. The van der Waals surface area contributed by atoms with Crippen molar-refractivity contribution in [2.75, 3.05) is 18.9 Å². The molecule has 2 fully saturated rings. The lowest BCUT2D eigenvalue weighted by atomic mass is 9.81. The molecule has 7 heteroatoms. The molecule has 2 aliphatic rings. The summed E-state index contributed by atoms with van der Waals surface area (Å²) < 4.78 is 5.10. The summed E-state index contributed by atoms with van der Waals surface area (Å²) in [6.45, 7) is 6.35. The van der Waals surface area contributed by atoms with Crippen LogP contribution in [0.15, 0.2) is 24.3 Å². The number of rotatable bonds is 6. The molecule has 0 spiro atoms. The normalized spacial score (nSPS) is 21.1. The second-order valence-electron chi connectivity index (χ2n) is 7.91. The van der Waals surface area contributed by atoms with Crippen molar-refractivity contribution >= 4 is 23.3 Å². The summed E-state index contributed by atoms with van der Waals surface area (Å²) in [7, 11) is 0. The van der Waals surface area contributed by atoms with Crippen LogP contribution in [0.1, 0.15) is 63.2 Å². The quantitative estimate of drug-likeness (QED) is 0.632. The van der Waals surface area contributed by atoms with Gasteiger partial charge in [-0.25, -0.2) is 0 Å². The van der Waals surface area contributed by atoms with Gasteiger partial charge in [-0.15, -0.1) is 0 Å². The molecule has 0 bridgehead atoms. The molecule has 1 aliphatic carbocycles. The van der Waals surface area contributed by atoms with E-state index in [0.29, 0.717) is 17.7 Å². The number of ketones is 1. The number of nitrogens with two attached hydrogens (primary N) is 1. The van der Waals surface area contributed by atoms with Crippen LogP contribution in [0.2, 0.25) is 0 Å². The van der Waals surface area contributed by atoms with E-state index in [2.05, 4.69) is 17.6 Å². The van der Waals surface area contributed by atoms with Gasteiger partial charge in [-0.3, -0.25) is 14.4 Å². The Morgan fingerprint density at radius 2 is 1.83 bits per heavy atom. The molecule has 1 aliphatic heterocycles. The number of Topliss-reactive ketones (excluding diaryl/α,β-unsaturated/α-hetero) is 1. The molecular weight excluding hydrogens is 370 g/mol. The number of anilines is 1. The minimum absolute atomic E-state index is 0.00654. The van der Waals surface area contributed by atoms with E-state index >= 15 is 0 Å². The molecule has 1 saturated heterocycles. The lowest BCUT2D eigenvalue weighted by Crippen LogP contribution is -2.52. The second-order valence-corrected chi connectivity index (χ2v) is 7.91. The summed E-state index contributed by atoms with van der Waals surface area (Å²) in [6, 6.07) is 5.22. The molecule has 1 saturated carbocycles. The van der Waals surface area contributed by atoms with Gasteiger partial charge in [-0.1, -0.05) is 33.6 Å². The highest BCUT2D eigenvalue weighted by molar-refractivity contribution is 5.99. The second kappa shape index (κ2) is 10.4. The van der Waals surface area contributed by atoms with Crippen molar-refractivity contribution in [1.29, 1.82) is 0 Å². The first-order chi connectivity index (χ1) is 13.9. The van der Waals surface area contributed by atoms with Crippen molar-refractivity contribution in [2.45, 2.75) is 65.0 Å². The number of hydrogen-bond donors (Lipinski definition) is 3. The lowest BCUT2D eigenvalue weighted by Gasteiger charge is -2.29. The third kappa shape index (κ3) is 6.29. The molecule has 1 unspecified atom stereocenters. The Morgan fingerprint density at radius 1 is 1.21 bits per heavy atom. The van der Waals surface area contributed by atoms with Gasteiger partial charge >= 0.3 is 0 Å². The van der Waals surface area contributed by atoms with Crippen molar-refractivity contribution in [3.05, 3.63) is 29.8 Å². The van der Waals surface area contributed by atoms with Crippen LogP contribution in [0.4, 0.5) is 5.69 Å². The monoisotopic (exact) mass is 403 g/mol. The largest absolute Gasteiger partial charge is 0.399 e. The fraction of sp³-hybridized carbons (Fsp3) is 0.591. The van der Waals surface area contributed by atoms with Crippen molar-refractivity contribution < 1.29 is 19.1 Å². The molecule has 7 nitrogen and oxygen atoms in total. The van der Waals surface area contributed by atoms with E-state index < -0.39 is 12.1 Å². The van der Waals surface area contributed by atoms with Gasteiger partial charge in [-0.2, -0.15) is 0 Å². The fourth-order valence-corrected chi connectivity index (χ4v) is 3.88. The molecule has 1 heterocycles. The van der Waals surface area contributed by atoms with Gasteiger partial charge in [0, 0.05) is 11.3 Å². The molecule has 4 N–H and O–H groups in total. The Balaban J connectivity index is 0.00000145. The van der Waals surface area contributed by atoms with Crippen LogP contribution in [0.25, 0.3) is 0 Å². The van der Waals surface area contributed by atoms with Crippen molar-refractivity contribution in [3.63, 3.8) is 0 Å². The third-order valence-electron chi connectivity index (χ3n) is 5.54. The van der Waals surface area contributed by atoms with E-state index in [1.807, 2.05) is 13.8 Å². The molecule has 0 aromatic heterocycles. The molecular formula is C22H33N3O4. The standard InChI is InChI=1S/C20H27N3O4.C2H6/c1-20(8-2-3-9-20)10-15(19(26)23-16-11-27-12-17(16)24)22-18(25)13-4-6-14(21)7-5-13;1-2/h4-7,15-16H,2-3,8-12,21H2,1H3,(H,22,25)(H,23,26);1-2H3/t15?,16-;/m0./s1. The summed E-state index contributed by atoms with van der Waals surface area (Å²) in [5, 5.41) is 5.59. The Kier molecular flexibility index (Phi) is 8.20. The van der Waals surface area contributed by atoms with Gasteiger partial charge in [0.2, 0.25) is 5.91 Å². The number of hydrogen-bond acceptors (Lipinski definition) is 5. The summed E-state index contributed by atoms with van der Waals surface area (Å²) in [4.78, 5) is 37.2. The predicted molar refractivity (Wildman–Crippen MR) is 112 cm³/mol. The number of benzene rings is 1. The highest BCUT2D eigenvalue weighted by atomic mass is 16.5. The van der Waals surface area contributed by atoms with Crippen molar-refractivity contribution in [2.24, 2.45) is 5.41 Å². The summed E-state index contributed by atoms with van der Waals surface area (Å²) in [6.07, 6.45) is 4.86. The van der Waals surface area contributed by atoms with Gasteiger partial charge in [0.15, 0.2) is 5.78 Å². The smallest absolute Gasteiger partial charge is 0.251 e. The van der Waals surface area contributed by atoms with E-state index in [9.17, 15) is 14.4 Å². The Hall–Kier alpha value is -2.41. The minimum atomic E-state index is -0.702. The van der Waals surface area contributed by atoms with E-state index in [4.69, 9.17) is 10.5 Å². The first kappa shape index (κ1) is 22.9. The van der Waals surface area contributed by atoms with E-state index in [1.54, 1.807) is 24.3 Å². The maximum absolute atomic E-state index is 12.8. The SMILES string of the molecule is CC.CC1(CC(NC(=O)c2ccc(N)cc2)C(=O)N[C@H]2COCC2=O)CCCC1. The van der Waals surface area contributed by atoms with E-state index in [0.717, 1.165) is 25.7 Å². The topological polar surface area (TPSA) is 111 Å². The Labute approximate surface area is 172 Å². The van der Waals surface area contributed by atoms with Gasteiger partial charge in [-0.05, 0) is 48.9 Å². The zero-order chi connectivity index (χ0) is 21.4. The zero-order valence-corrected chi connectivity index (χ0v) is 17.6. The number of nitrogens with one attached hydrogen (secondary N) is 2. The first-order valence-electron chi connectivity index (χ1n) is 10.4. The molecule has 1 aromatic carbocycles. The van der Waals surface area contributed by atoms with E-state index in [1.165, 1.54) is 0 Å². The molecule has 2 atom stereocenters. The minimum Gasteiger partial charge on any atom is -0.399 e. The third-order valence-corrected chi connectivity index (χ3v) is 5.54. The summed E-state index contributed by atoms with van der Waals surface area (Å²) >= 11 is 0. The summed E-state index contributed by atoms with van der Waals surface area (Å²) in [5.74, 6) is -0.805. The van der Waals surface area contributed by atoms with Crippen LogP contribution in [-0.4, -0.2) is 42.9 Å². The number of amides is 2. The predicted octanol–water partition coefficient (Wildman–Crippen LogP) is 2.45. The maximum atomic E-state index is 12.8. The first-order valence-corrected chi connectivity index (χ1v) is 10.4. The number of nitrogen functional groups attached to an aromatic ring is 1. The molecule has 2 amide bonds. The number of ether oxygens (including phenoxy) is 1. The fourth-order valence-electron chi connectivity index (χ4n) is 3.88. The van der Waals surface area contributed by atoms with Crippen LogP contribution < -0.4 is 16.4 Å². The highest BCUT2D eigenvalue weighted by Gasteiger charge is 2.37. The summed E-state index contributed by atoms with van der Waals surface area (Å²) in [5.41, 5.74) is 6.69. The Morgan fingerprint density at radius 3 is 2.38 bits per heavy atom. The van der Waals surface area contributed by atoms with Crippen molar-refractivity contribution in [1.82, 2.24) is 10.6 Å². The molecule has 3 rings (SSSR count). The van der Waals surface area contributed by atoms with E-state index in [-0.39, 0.29) is 36.2 Å². The maximum Gasteiger partial charge on any atom is 0.251 e. The molecule has 1 aromatic rings. The highest BCUT2D eigenvalue weighted by Crippen LogP contribution is 2.41. The van der Waals surface area contributed by atoms with Crippen LogP contribution in [0.3, 0.4) is 0 Å². The van der Waals surface area contributed by atoms with Gasteiger partial charge < -0.3 is 21.1 Å². The van der Waals surface area contributed by atoms with Crippen LogP contribution in [-0.2, 0) is 14.3 Å². The van der Waals surface area contributed by atoms with Crippen LogP contribution in [0, 0.1) is 5.41 Å².